The average Bonchev–Trinajstić information content (AvgIpc) is 2.87. The van der Waals surface area contributed by atoms with Gasteiger partial charge in [0.2, 0.25) is 5.91 Å². The Bertz CT molecular complexity index is 685. The summed E-state index contributed by atoms with van der Waals surface area (Å²) in [6, 6.07) is 8.99. The number of esters is 1. The second-order valence-electron chi connectivity index (χ2n) is 6.17. The second-order valence-corrected chi connectivity index (χ2v) is 6.63. The Kier molecular flexibility index (Phi) is 3.94. The van der Waals surface area contributed by atoms with Crippen LogP contribution < -0.4 is 0 Å². The van der Waals surface area contributed by atoms with Crippen molar-refractivity contribution in [3.05, 3.63) is 46.6 Å². The molecular formula is C17H18ClNO4. The molecule has 2 aliphatic heterocycles. The predicted octanol–water partition coefficient (Wildman–Crippen LogP) is 2.18. The Balaban J connectivity index is 1.73. The zero-order valence-corrected chi connectivity index (χ0v) is 13.7. The van der Waals surface area contributed by atoms with Crippen molar-refractivity contribution < 1.29 is 19.4 Å². The molecule has 5 nitrogen and oxygen atoms in total. The lowest BCUT2D eigenvalue weighted by Crippen LogP contribution is -2.69. The first kappa shape index (κ1) is 16.0. The van der Waals surface area contributed by atoms with Crippen LogP contribution in [-0.2, 0) is 20.9 Å². The number of fused-ring (bicyclic) bond motifs is 1. The minimum atomic E-state index is -0.901. The number of aliphatic hydroxyl groups is 1. The van der Waals surface area contributed by atoms with Crippen LogP contribution in [0.4, 0.5) is 0 Å². The van der Waals surface area contributed by atoms with E-state index in [0.29, 0.717) is 11.5 Å². The number of rotatable bonds is 4. The van der Waals surface area contributed by atoms with E-state index in [1.54, 1.807) is 13.8 Å². The molecule has 0 saturated carbocycles. The van der Waals surface area contributed by atoms with Crippen LogP contribution in [0.5, 0.6) is 0 Å². The SMILES string of the molecule is CC(O)C1(C)C(=O)N2C(C(=O)OCc3ccccc3)=C(Cl)CC21. The Morgan fingerprint density at radius 3 is 2.74 bits per heavy atom. The Morgan fingerprint density at radius 1 is 1.48 bits per heavy atom. The molecule has 3 rings (SSSR count). The molecule has 122 valence electrons. The van der Waals surface area contributed by atoms with Gasteiger partial charge in [0, 0.05) is 6.42 Å². The minimum absolute atomic E-state index is 0.107. The number of carbonyl (C=O) groups excluding carboxylic acids is 2. The molecule has 2 heterocycles. The van der Waals surface area contributed by atoms with Crippen molar-refractivity contribution in [2.45, 2.75) is 39.0 Å². The number of amides is 1. The largest absolute Gasteiger partial charge is 0.456 e. The summed E-state index contributed by atoms with van der Waals surface area (Å²) < 4.78 is 5.27. The first-order valence-electron chi connectivity index (χ1n) is 7.48. The van der Waals surface area contributed by atoms with Crippen molar-refractivity contribution >= 4 is 23.5 Å². The van der Waals surface area contributed by atoms with E-state index < -0.39 is 17.5 Å². The van der Waals surface area contributed by atoms with Crippen LogP contribution in [0.25, 0.3) is 0 Å². The quantitative estimate of drug-likeness (QED) is 0.676. The Labute approximate surface area is 139 Å². The van der Waals surface area contributed by atoms with E-state index in [9.17, 15) is 14.7 Å². The van der Waals surface area contributed by atoms with E-state index in [0.717, 1.165) is 5.56 Å². The van der Waals surface area contributed by atoms with Gasteiger partial charge in [0.25, 0.3) is 0 Å². The molecule has 0 aliphatic carbocycles. The molecule has 3 unspecified atom stereocenters. The van der Waals surface area contributed by atoms with Gasteiger partial charge in [-0.05, 0) is 19.4 Å². The van der Waals surface area contributed by atoms with Gasteiger partial charge in [-0.3, -0.25) is 9.69 Å². The summed E-state index contributed by atoms with van der Waals surface area (Å²) in [7, 11) is 0. The maximum Gasteiger partial charge on any atom is 0.356 e. The molecule has 1 amide bonds. The first-order valence-corrected chi connectivity index (χ1v) is 7.86. The topological polar surface area (TPSA) is 66.8 Å². The van der Waals surface area contributed by atoms with Gasteiger partial charge in [-0.25, -0.2) is 4.79 Å². The summed E-state index contributed by atoms with van der Waals surface area (Å²) in [6.45, 7) is 3.39. The van der Waals surface area contributed by atoms with Crippen LogP contribution in [-0.4, -0.2) is 34.0 Å². The van der Waals surface area contributed by atoms with Crippen LogP contribution >= 0.6 is 11.6 Å². The summed E-state index contributed by atoms with van der Waals surface area (Å²) in [5, 5.41) is 10.2. The minimum Gasteiger partial charge on any atom is -0.456 e. The molecule has 1 saturated heterocycles. The summed E-state index contributed by atoms with van der Waals surface area (Å²) in [4.78, 5) is 26.1. The van der Waals surface area contributed by atoms with Crippen molar-refractivity contribution in [2.75, 3.05) is 0 Å². The van der Waals surface area contributed by atoms with Gasteiger partial charge in [0.1, 0.15) is 12.3 Å². The maximum atomic E-state index is 12.4. The van der Waals surface area contributed by atoms with Crippen molar-refractivity contribution in [3.8, 4) is 0 Å². The second kappa shape index (κ2) is 5.65. The van der Waals surface area contributed by atoms with Gasteiger partial charge < -0.3 is 9.84 Å². The van der Waals surface area contributed by atoms with E-state index >= 15 is 0 Å². The van der Waals surface area contributed by atoms with Crippen LogP contribution in [0.15, 0.2) is 41.1 Å². The van der Waals surface area contributed by atoms with E-state index in [1.807, 2.05) is 30.3 Å². The highest BCUT2D eigenvalue weighted by atomic mass is 35.5. The first-order chi connectivity index (χ1) is 10.9. The molecule has 0 spiro atoms. The fraction of sp³-hybridized carbons (Fsp3) is 0.412. The Morgan fingerprint density at radius 2 is 2.13 bits per heavy atom. The number of aliphatic hydroxyl groups excluding tert-OH is 1. The number of nitrogens with zero attached hydrogens (tertiary/aromatic N) is 1. The average molecular weight is 336 g/mol. The van der Waals surface area contributed by atoms with Crippen LogP contribution in [0, 0.1) is 5.41 Å². The Hall–Kier alpha value is -1.85. The number of carbonyl (C=O) groups is 2. The number of hydrogen-bond acceptors (Lipinski definition) is 4. The number of halogens is 1. The lowest BCUT2D eigenvalue weighted by atomic mass is 9.68. The highest BCUT2D eigenvalue weighted by molar-refractivity contribution is 6.32. The van der Waals surface area contributed by atoms with E-state index in [4.69, 9.17) is 16.3 Å². The normalized spacial score (nSPS) is 27.6. The molecule has 0 bridgehead atoms. The smallest absolute Gasteiger partial charge is 0.356 e. The predicted molar refractivity (Wildman–Crippen MR) is 84.2 cm³/mol. The molecule has 0 radical (unpaired) electrons. The lowest BCUT2D eigenvalue weighted by molar-refractivity contribution is -0.178. The molecular weight excluding hydrogens is 318 g/mol. The monoisotopic (exact) mass is 335 g/mol. The third kappa shape index (κ3) is 2.35. The molecule has 1 N–H and O–H groups in total. The third-order valence-electron chi connectivity index (χ3n) is 4.83. The highest BCUT2D eigenvalue weighted by Crippen LogP contribution is 2.52. The van der Waals surface area contributed by atoms with Crippen molar-refractivity contribution in [3.63, 3.8) is 0 Å². The summed E-state index contributed by atoms with van der Waals surface area (Å²) in [5.74, 6) is -0.901. The molecule has 3 atom stereocenters. The zero-order valence-electron chi connectivity index (χ0n) is 13.0. The van der Waals surface area contributed by atoms with Crippen LogP contribution in [0.3, 0.4) is 0 Å². The fourth-order valence-electron chi connectivity index (χ4n) is 3.16. The van der Waals surface area contributed by atoms with E-state index in [2.05, 4.69) is 0 Å². The standard InChI is InChI=1S/C17H18ClNO4/c1-10(20)17(2)13-8-12(18)14(19(13)16(17)22)15(21)23-9-11-6-4-3-5-7-11/h3-7,10,13,20H,8-9H2,1-2H3. The number of ether oxygens (including phenoxy) is 1. The summed E-state index contributed by atoms with van der Waals surface area (Å²) >= 11 is 6.19. The zero-order chi connectivity index (χ0) is 16.8. The lowest BCUT2D eigenvalue weighted by Gasteiger charge is -2.53. The molecule has 1 aromatic carbocycles. The fourth-order valence-corrected chi connectivity index (χ4v) is 3.48. The van der Waals surface area contributed by atoms with Gasteiger partial charge in [-0.15, -0.1) is 0 Å². The molecule has 1 aromatic rings. The van der Waals surface area contributed by atoms with E-state index in [1.165, 1.54) is 4.90 Å². The van der Waals surface area contributed by atoms with Crippen molar-refractivity contribution in [1.82, 2.24) is 4.90 Å². The molecule has 1 fully saturated rings. The highest BCUT2D eigenvalue weighted by Gasteiger charge is 2.64. The van der Waals surface area contributed by atoms with Gasteiger partial charge in [-0.1, -0.05) is 41.9 Å². The number of hydrogen-bond donors (Lipinski definition) is 1. The molecule has 23 heavy (non-hydrogen) atoms. The van der Waals surface area contributed by atoms with Crippen molar-refractivity contribution in [1.29, 1.82) is 0 Å². The summed E-state index contributed by atoms with van der Waals surface area (Å²) in [5.41, 5.74) is 0.0633. The molecule has 0 aromatic heterocycles. The number of benzene rings is 1. The van der Waals surface area contributed by atoms with Crippen molar-refractivity contribution in [2.24, 2.45) is 5.41 Å². The molecule has 2 aliphatic rings. The van der Waals surface area contributed by atoms with Crippen LogP contribution in [0.2, 0.25) is 0 Å². The van der Waals surface area contributed by atoms with Gasteiger partial charge in [0.05, 0.1) is 22.6 Å². The number of β-lactam (4-membered cyclic amide) rings is 1. The summed E-state index contributed by atoms with van der Waals surface area (Å²) in [6.07, 6.45) is -0.440. The van der Waals surface area contributed by atoms with Crippen LogP contribution in [0.1, 0.15) is 25.8 Å². The third-order valence-corrected chi connectivity index (χ3v) is 5.16. The van der Waals surface area contributed by atoms with Gasteiger partial charge >= 0.3 is 5.97 Å². The maximum absolute atomic E-state index is 12.4. The molecule has 6 heteroatoms. The van der Waals surface area contributed by atoms with Gasteiger partial charge in [0.15, 0.2) is 0 Å². The van der Waals surface area contributed by atoms with Gasteiger partial charge in [-0.2, -0.15) is 0 Å². The van der Waals surface area contributed by atoms with E-state index in [-0.39, 0.29) is 24.3 Å².